The monoisotopic (exact) mass is 406 g/mol. The zero-order valence-corrected chi connectivity index (χ0v) is 16.8. The van der Waals surface area contributed by atoms with Crippen LogP contribution in [0.15, 0.2) is 30.6 Å². The predicted octanol–water partition coefficient (Wildman–Crippen LogP) is 3.15. The molecule has 1 aromatic carbocycles. The summed E-state index contributed by atoms with van der Waals surface area (Å²) in [5.41, 5.74) is 1.18. The van der Waals surface area contributed by atoms with Gasteiger partial charge in [0.2, 0.25) is 11.9 Å². The summed E-state index contributed by atoms with van der Waals surface area (Å²) >= 11 is 0. The SMILES string of the molecule is Fc1cccc(C2CC2)c1P.O=C1CCC(CNc2ncc(F)cn2)CCN1. The number of rotatable bonds is 4. The molecular formula is C20H25F2N4OP. The Morgan fingerprint density at radius 3 is 2.61 bits per heavy atom. The molecule has 1 aliphatic heterocycles. The second kappa shape index (κ2) is 9.87. The Balaban J connectivity index is 0.000000176. The van der Waals surface area contributed by atoms with Gasteiger partial charge in [0.05, 0.1) is 12.4 Å². The Bertz CT molecular complexity index is 799. The smallest absolute Gasteiger partial charge is 0.222 e. The molecule has 8 heteroatoms. The summed E-state index contributed by atoms with van der Waals surface area (Å²) in [6.45, 7) is 1.43. The van der Waals surface area contributed by atoms with Crippen molar-refractivity contribution in [3.8, 4) is 0 Å². The molecule has 28 heavy (non-hydrogen) atoms. The fourth-order valence-electron chi connectivity index (χ4n) is 3.13. The minimum atomic E-state index is -0.445. The van der Waals surface area contributed by atoms with Crippen molar-refractivity contribution in [3.63, 3.8) is 0 Å². The molecule has 5 nitrogen and oxygen atoms in total. The number of aromatic nitrogens is 2. The molecule has 2 heterocycles. The molecule has 0 radical (unpaired) electrons. The van der Waals surface area contributed by atoms with Crippen LogP contribution in [0.2, 0.25) is 0 Å². The summed E-state index contributed by atoms with van der Waals surface area (Å²) in [6, 6.07) is 5.31. The number of amides is 1. The van der Waals surface area contributed by atoms with Gasteiger partial charge in [-0.1, -0.05) is 12.1 Å². The first kappa shape index (κ1) is 20.6. The summed E-state index contributed by atoms with van der Waals surface area (Å²) in [7, 11) is 2.48. The summed E-state index contributed by atoms with van der Waals surface area (Å²) in [5, 5.41) is 6.65. The molecule has 1 amide bonds. The van der Waals surface area contributed by atoms with Crippen molar-refractivity contribution >= 4 is 26.4 Å². The minimum Gasteiger partial charge on any atom is -0.356 e. The number of anilines is 1. The van der Waals surface area contributed by atoms with E-state index in [-0.39, 0.29) is 11.7 Å². The first-order valence-electron chi connectivity index (χ1n) is 9.55. The van der Waals surface area contributed by atoms with Gasteiger partial charge in [0.25, 0.3) is 0 Å². The van der Waals surface area contributed by atoms with E-state index in [0.29, 0.717) is 30.7 Å². The molecule has 4 rings (SSSR count). The van der Waals surface area contributed by atoms with Crippen LogP contribution in [0, 0.1) is 17.6 Å². The molecule has 1 saturated heterocycles. The molecule has 2 unspecified atom stereocenters. The van der Waals surface area contributed by atoms with Crippen LogP contribution in [0.1, 0.15) is 43.6 Å². The highest BCUT2D eigenvalue weighted by atomic mass is 31.0. The van der Waals surface area contributed by atoms with Crippen LogP contribution in [-0.4, -0.2) is 29.0 Å². The van der Waals surface area contributed by atoms with E-state index in [0.717, 1.165) is 37.1 Å². The Labute approximate surface area is 165 Å². The standard InChI is InChI=1S/C11H15FN4O.C9H10FP/c12-9-6-15-11(16-7-9)14-5-8-1-2-10(17)13-4-3-8;10-8-3-1-2-7(9(8)11)6-4-5-6/h6-8H,1-5H2,(H,13,17)(H,14,15,16);1-3,6H,4-5,11H2. The van der Waals surface area contributed by atoms with Gasteiger partial charge in [0.1, 0.15) is 5.82 Å². The van der Waals surface area contributed by atoms with Crippen LogP contribution in [0.25, 0.3) is 0 Å². The average molecular weight is 406 g/mol. The zero-order chi connectivity index (χ0) is 19.9. The van der Waals surface area contributed by atoms with Crippen molar-refractivity contribution < 1.29 is 13.6 Å². The van der Waals surface area contributed by atoms with Crippen molar-refractivity contribution in [2.24, 2.45) is 5.92 Å². The van der Waals surface area contributed by atoms with Crippen molar-refractivity contribution in [3.05, 3.63) is 47.8 Å². The Morgan fingerprint density at radius 1 is 1.14 bits per heavy atom. The molecule has 2 fully saturated rings. The highest BCUT2D eigenvalue weighted by Gasteiger charge is 2.25. The third kappa shape index (κ3) is 6.20. The highest BCUT2D eigenvalue weighted by Crippen LogP contribution is 2.39. The maximum Gasteiger partial charge on any atom is 0.222 e. The topological polar surface area (TPSA) is 66.9 Å². The van der Waals surface area contributed by atoms with Gasteiger partial charge in [-0.05, 0) is 49.1 Å². The lowest BCUT2D eigenvalue weighted by Crippen LogP contribution is -2.21. The normalized spacial score (nSPS) is 19.1. The van der Waals surface area contributed by atoms with Gasteiger partial charge in [-0.2, -0.15) is 0 Å². The van der Waals surface area contributed by atoms with E-state index in [1.807, 2.05) is 6.07 Å². The lowest BCUT2D eigenvalue weighted by Gasteiger charge is -2.13. The van der Waals surface area contributed by atoms with E-state index in [4.69, 9.17) is 0 Å². The first-order chi connectivity index (χ1) is 13.5. The average Bonchev–Trinajstić information content (AvgIpc) is 3.53. The van der Waals surface area contributed by atoms with Gasteiger partial charge in [-0.25, -0.2) is 18.7 Å². The van der Waals surface area contributed by atoms with E-state index < -0.39 is 5.82 Å². The Morgan fingerprint density at radius 2 is 1.89 bits per heavy atom. The quantitative estimate of drug-likeness (QED) is 0.766. The van der Waals surface area contributed by atoms with Crippen LogP contribution >= 0.6 is 9.24 Å². The zero-order valence-electron chi connectivity index (χ0n) is 15.6. The number of halogens is 2. The maximum atomic E-state index is 12.9. The molecular weight excluding hydrogens is 381 g/mol. The fourth-order valence-corrected chi connectivity index (χ4v) is 3.56. The van der Waals surface area contributed by atoms with Gasteiger partial charge in [0.15, 0.2) is 5.82 Å². The molecule has 2 atom stereocenters. The highest BCUT2D eigenvalue weighted by molar-refractivity contribution is 7.27. The maximum absolute atomic E-state index is 12.9. The number of nitrogens with zero attached hydrogens (tertiary/aromatic N) is 2. The van der Waals surface area contributed by atoms with Gasteiger partial charge >= 0.3 is 0 Å². The van der Waals surface area contributed by atoms with Crippen LogP contribution in [0.4, 0.5) is 14.7 Å². The molecule has 2 aromatic rings. The first-order valence-corrected chi connectivity index (χ1v) is 10.1. The number of nitrogens with one attached hydrogen (secondary N) is 2. The van der Waals surface area contributed by atoms with E-state index in [1.165, 1.54) is 24.5 Å². The summed E-state index contributed by atoms with van der Waals surface area (Å²) in [6.07, 6.45) is 7.09. The largest absolute Gasteiger partial charge is 0.356 e. The van der Waals surface area contributed by atoms with E-state index >= 15 is 0 Å². The summed E-state index contributed by atoms with van der Waals surface area (Å²) in [4.78, 5) is 18.8. The number of hydrogen-bond acceptors (Lipinski definition) is 4. The second-order valence-electron chi connectivity index (χ2n) is 7.17. The van der Waals surface area contributed by atoms with Crippen LogP contribution in [0.3, 0.4) is 0 Å². The molecule has 2 N–H and O–H groups in total. The fraction of sp³-hybridized carbons (Fsp3) is 0.450. The molecule has 150 valence electrons. The van der Waals surface area contributed by atoms with Crippen molar-refractivity contribution in [2.45, 2.75) is 38.0 Å². The van der Waals surface area contributed by atoms with Gasteiger partial charge < -0.3 is 10.6 Å². The number of benzene rings is 1. The van der Waals surface area contributed by atoms with Crippen LogP contribution in [0.5, 0.6) is 0 Å². The van der Waals surface area contributed by atoms with E-state index in [2.05, 4.69) is 29.8 Å². The third-order valence-corrected chi connectivity index (χ3v) is 5.54. The number of carbonyl (C=O) groups is 1. The third-order valence-electron chi connectivity index (χ3n) is 4.93. The summed E-state index contributed by atoms with van der Waals surface area (Å²) in [5.74, 6) is 1.06. The molecule has 1 aromatic heterocycles. The van der Waals surface area contributed by atoms with Crippen LogP contribution < -0.4 is 15.9 Å². The van der Waals surface area contributed by atoms with Crippen molar-refractivity contribution in [2.75, 3.05) is 18.4 Å². The Hall–Kier alpha value is -2.14. The van der Waals surface area contributed by atoms with Gasteiger partial charge in [-0.3, -0.25) is 4.79 Å². The molecule has 1 aliphatic carbocycles. The Kier molecular flexibility index (Phi) is 7.26. The van der Waals surface area contributed by atoms with Crippen molar-refractivity contribution in [1.82, 2.24) is 15.3 Å². The van der Waals surface area contributed by atoms with E-state index in [9.17, 15) is 13.6 Å². The number of hydrogen-bond donors (Lipinski definition) is 2. The molecule has 0 spiro atoms. The predicted molar refractivity (Wildman–Crippen MR) is 109 cm³/mol. The second-order valence-corrected chi connectivity index (χ2v) is 7.74. The summed E-state index contributed by atoms with van der Waals surface area (Å²) < 4.78 is 25.5. The molecule has 0 bridgehead atoms. The minimum absolute atomic E-state index is 0.0978. The van der Waals surface area contributed by atoms with Crippen LogP contribution in [-0.2, 0) is 4.79 Å². The lowest BCUT2D eigenvalue weighted by atomic mass is 10.0. The molecule has 1 saturated carbocycles. The van der Waals surface area contributed by atoms with E-state index in [1.54, 1.807) is 6.07 Å². The lowest BCUT2D eigenvalue weighted by molar-refractivity contribution is -0.120. The number of carbonyl (C=O) groups excluding carboxylic acids is 1. The molecule has 2 aliphatic rings. The van der Waals surface area contributed by atoms with Gasteiger partial charge in [-0.15, -0.1) is 9.24 Å². The van der Waals surface area contributed by atoms with Gasteiger partial charge in [0, 0.05) is 24.8 Å². The van der Waals surface area contributed by atoms with Crippen molar-refractivity contribution in [1.29, 1.82) is 0 Å².